The lowest BCUT2D eigenvalue weighted by Gasteiger charge is -2.27. The van der Waals surface area contributed by atoms with Crippen molar-refractivity contribution in [1.29, 1.82) is 0 Å². The first-order valence-electron chi connectivity index (χ1n) is 11.4. The standard InChI is InChI=1S/C23H37N5O.HI/c1-2-24-23(25-15-19-9-10-28(17-19)22-7-8-22)26-16-20-5-3-4-6-21(20)18-27-11-13-29-14-12-27;/h3-6,19,22H,2,7-18H2,1H3,(H2,24,25,26);1H. The van der Waals surface area contributed by atoms with Crippen LogP contribution in [0.1, 0.15) is 37.3 Å². The van der Waals surface area contributed by atoms with E-state index >= 15 is 0 Å². The molecule has 7 heteroatoms. The van der Waals surface area contributed by atoms with Gasteiger partial charge in [-0.15, -0.1) is 24.0 Å². The second-order valence-corrected chi connectivity index (χ2v) is 8.61. The third-order valence-corrected chi connectivity index (χ3v) is 6.31. The first-order valence-corrected chi connectivity index (χ1v) is 11.4. The third-order valence-electron chi connectivity index (χ3n) is 6.31. The summed E-state index contributed by atoms with van der Waals surface area (Å²) >= 11 is 0. The lowest BCUT2D eigenvalue weighted by atomic mass is 10.1. The van der Waals surface area contributed by atoms with Crippen LogP contribution in [-0.4, -0.2) is 74.3 Å². The highest BCUT2D eigenvalue weighted by molar-refractivity contribution is 14.0. The Morgan fingerprint density at radius 2 is 1.83 bits per heavy atom. The number of rotatable bonds is 8. The molecule has 1 aromatic carbocycles. The maximum Gasteiger partial charge on any atom is 0.191 e. The molecular formula is C23H38IN5O. The third kappa shape index (κ3) is 7.07. The molecule has 6 nitrogen and oxygen atoms in total. The largest absolute Gasteiger partial charge is 0.379 e. The van der Waals surface area contributed by atoms with Gasteiger partial charge < -0.3 is 20.3 Å². The molecule has 2 saturated heterocycles. The molecule has 0 amide bonds. The fourth-order valence-electron chi connectivity index (χ4n) is 4.41. The van der Waals surface area contributed by atoms with Crippen LogP contribution in [0.25, 0.3) is 0 Å². The molecule has 3 fully saturated rings. The average Bonchev–Trinajstić information content (AvgIpc) is 3.50. The quantitative estimate of drug-likeness (QED) is 0.310. The number of hydrogen-bond donors (Lipinski definition) is 2. The molecule has 1 saturated carbocycles. The van der Waals surface area contributed by atoms with Gasteiger partial charge in [-0.05, 0) is 49.8 Å². The Hall–Kier alpha value is -0.900. The van der Waals surface area contributed by atoms with Crippen molar-refractivity contribution in [2.75, 3.05) is 52.5 Å². The Morgan fingerprint density at radius 1 is 1.07 bits per heavy atom. The van der Waals surface area contributed by atoms with Gasteiger partial charge in [0.2, 0.25) is 0 Å². The van der Waals surface area contributed by atoms with Crippen LogP contribution in [0.5, 0.6) is 0 Å². The fourth-order valence-corrected chi connectivity index (χ4v) is 4.41. The van der Waals surface area contributed by atoms with Crippen LogP contribution in [0.3, 0.4) is 0 Å². The zero-order valence-corrected chi connectivity index (χ0v) is 20.6. The number of hydrogen-bond acceptors (Lipinski definition) is 4. The number of guanidine groups is 1. The van der Waals surface area contributed by atoms with E-state index in [0.29, 0.717) is 6.54 Å². The van der Waals surface area contributed by atoms with Crippen LogP contribution < -0.4 is 10.6 Å². The van der Waals surface area contributed by atoms with Gasteiger partial charge in [0.1, 0.15) is 0 Å². The monoisotopic (exact) mass is 527 g/mol. The van der Waals surface area contributed by atoms with Crippen molar-refractivity contribution < 1.29 is 4.74 Å². The number of ether oxygens (including phenoxy) is 1. The molecule has 168 valence electrons. The Balaban J connectivity index is 0.00000256. The van der Waals surface area contributed by atoms with E-state index in [-0.39, 0.29) is 24.0 Å². The minimum absolute atomic E-state index is 0. The number of halogens is 1. The first-order chi connectivity index (χ1) is 14.3. The summed E-state index contributed by atoms with van der Waals surface area (Å²) in [7, 11) is 0. The molecule has 2 heterocycles. The van der Waals surface area contributed by atoms with Crippen molar-refractivity contribution in [3.8, 4) is 0 Å². The summed E-state index contributed by atoms with van der Waals surface area (Å²) in [5, 5.41) is 7.02. The van der Waals surface area contributed by atoms with E-state index in [2.05, 4.69) is 51.6 Å². The van der Waals surface area contributed by atoms with Gasteiger partial charge in [0, 0.05) is 45.3 Å². The van der Waals surface area contributed by atoms with Gasteiger partial charge in [0.15, 0.2) is 5.96 Å². The summed E-state index contributed by atoms with van der Waals surface area (Å²) in [5.74, 6) is 1.69. The van der Waals surface area contributed by atoms with Crippen molar-refractivity contribution in [3.63, 3.8) is 0 Å². The van der Waals surface area contributed by atoms with Gasteiger partial charge in [-0.1, -0.05) is 24.3 Å². The summed E-state index contributed by atoms with van der Waals surface area (Å²) in [6.07, 6.45) is 4.13. The second kappa shape index (κ2) is 12.2. The molecule has 1 atom stereocenters. The molecule has 0 radical (unpaired) electrons. The number of nitrogens with zero attached hydrogens (tertiary/aromatic N) is 3. The van der Waals surface area contributed by atoms with Gasteiger partial charge >= 0.3 is 0 Å². The van der Waals surface area contributed by atoms with Crippen LogP contribution in [0.4, 0.5) is 0 Å². The summed E-state index contributed by atoms with van der Waals surface area (Å²) in [4.78, 5) is 10.1. The highest BCUT2D eigenvalue weighted by atomic mass is 127. The molecule has 0 aromatic heterocycles. The number of benzene rings is 1. The lowest BCUT2D eigenvalue weighted by Crippen LogP contribution is -2.40. The Labute approximate surface area is 198 Å². The van der Waals surface area contributed by atoms with Gasteiger partial charge in [0.25, 0.3) is 0 Å². The van der Waals surface area contributed by atoms with Crippen LogP contribution in [0.15, 0.2) is 29.3 Å². The Kier molecular flexibility index (Phi) is 9.67. The van der Waals surface area contributed by atoms with Crippen LogP contribution in [0, 0.1) is 5.92 Å². The maximum atomic E-state index is 5.48. The number of likely N-dealkylation sites (tertiary alicyclic amines) is 1. The van der Waals surface area contributed by atoms with Crippen molar-refractivity contribution >= 4 is 29.9 Å². The first kappa shape index (κ1) is 23.8. The highest BCUT2D eigenvalue weighted by Crippen LogP contribution is 2.31. The number of morpholine rings is 1. The normalized spacial score (nSPS) is 23.2. The smallest absolute Gasteiger partial charge is 0.191 e. The van der Waals surface area contributed by atoms with E-state index in [9.17, 15) is 0 Å². The van der Waals surface area contributed by atoms with Gasteiger partial charge in [-0.2, -0.15) is 0 Å². The fraction of sp³-hybridized carbons (Fsp3) is 0.696. The predicted octanol–water partition coefficient (Wildman–Crippen LogP) is 2.68. The topological polar surface area (TPSA) is 52.1 Å². The van der Waals surface area contributed by atoms with E-state index in [1.54, 1.807) is 0 Å². The molecule has 1 aromatic rings. The van der Waals surface area contributed by atoms with Gasteiger partial charge in [-0.25, -0.2) is 4.99 Å². The molecule has 1 unspecified atom stereocenters. The predicted molar refractivity (Wildman–Crippen MR) is 133 cm³/mol. The van der Waals surface area contributed by atoms with E-state index in [4.69, 9.17) is 9.73 Å². The molecule has 0 bridgehead atoms. The minimum Gasteiger partial charge on any atom is -0.379 e. The Morgan fingerprint density at radius 3 is 2.57 bits per heavy atom. The summed E-state index contributed by atoms with van der Waals surface area (Å²) in [6.45, 7) is 12.0. The summed E-state index contributed by atoms with van der Waals surface area (Å²) in [6, 6.07) is 9.61. The zero-order chi connectivity index (χ0) is 19.9. The summed E-state index contributed by atoms with van der Waals surface area (Å²) < 4.78 is 5.48. The van der Waals surface area contributed by atoms with Gasteiger partial charge in [-0.3, -0.25) is 4.90 Å². The lowest BCUT2D eigenvalue weighted by molar-refractivity contribution is 0.0341. The SMILES string of the molecule is CCNC(=NCc1ccccc1CN1CCOCC1)NCC1CCN(C2CC2)C1.I. The molecule has 3 aliphatic rings. The van der Waals surface area contributed by atoms with Crippen LogP contribution in [0.2, 0.25) is 0 Å². The maximum absolute atomic E-state index is 5.48. The molecule has 2 N–H and O–H groups in total. The van der Waals surface area contributed by atoms with E-state index in [1.165, 1.54) is 43.5 Å². The molecule has 1 aliphatic carbocycles. The van der Waals surface area contributed by atoms with Crippen LogP contribution >= 0.6 is 24.0 Å². The van der Waals surface area contributed by atoms with Crippen LogP contribution in [-0.2, 0) is 17.8 Å². The van der Waals surface area contributed by atoms with E-state index in [0.717, 1.165) is 63.9 Å². The number of aliphatic imine (C=N–C) groups is 1. The molecule has 0 spiro atoms. The van der Waals surface area contributed by atoms with Crippen molar-refractivity contribution in [3.05, 3.63) is 35.4 Å². The highest BCUT2D eigenvalue weighted by Gasteiger charge is 2.34. The molecule has 30 heavy (non-hydrogen) atoms. The van der Waals surface area contributed by atoms with Crippen molar-refractivity contribution in [2.24, 2.45) is 10.9 Å². The summed E-state index contributed by atoms with van der Waals surface area (Å²) in [5.41, 5.74) is 2.70. The molecule has 4 rings (SSSR count). The van der Waals surface area contributed by atoms with E-state index < -0.39 is 0 Å². The Bertz CT molecular complexity index is 675. The van der Waals surface area contributed by atoms with Gasteiger partial charge in [0.05, 0.1) is 19.8 Å². The van der Waals surface area contributed by atoms with Crippen molar-refractivity contribution in [2.45, 2.75) is 45.3 Å². The van der Waals surface area contributed by atoms with E-state index in [1.807, 2.05) is 0 Å². The molecular weight excluding hydrogens is 489 g/mol. The van der Waals surface area contributed by atoms with Crippen molar-refractivity contribution in [1.82, 2.24) is 20.4 Å². The minimum atomic E-state index is 0. The average molecular weight is 527 g/mol. The molecule has 2 aliphatic heterocycles. The number of nitrogens with one attached hydrogen (secondary N) is 2. The zero-order valence-electron chi connectivity index (χ0n) is 18.3. The second-order valence-electron chi connectivity index (χ2n) is 8.61.